The number of hydrogen-bond donors (Lipinski definition) is 1. The van der Waals surface area contributed by atoms with Crippen LogP contribution >= 0.6 is 12.6 Å². The normalized spacial score (nSPS) is 11.8. The Bertz CT molecular complexity index is 618. The van der Waals surface area contributed by atoms with Crippen LogP contribution in [0.3, 0.4) is 0 Å². The van der Waals surface area contributed by atoms with Crippen molar-refractivity contribution in [1.29, 1.82) is 0 Å². The second kappa shape index (κ2) is 3.44. The monoisotopic (exact) mass is 239 g/mol. The van der Waals surface area contributed by atoms with Crippen LogP contribution in [-0.4, -0.2) is 13.0 Å². The van der Waals surface area contributed by atoms with Gasteiger partial charge in [0.15, 0.2) is 0 Å². The van der Waals surface area contributed by atoms with E-state index in [4.69, 9.17) is 17.2 Å². The molecule has 3 nitrogen and oxygen atoms in total. The second-order valence-corrected chi connectivity index (χ2v) is 5.04. The summed E-state index contributed by atoms with van der Waals surface area (Å²) in [6.45, 7) is 0. The van der Waals surface area contributed by atoms with Gasteiger partial charge in [-0.05, 0) is 35.0 Å². The molecule has 15 heavy (non-hydrogen) atoms. The molecule has 0 amide bonds. The molecule has 0 aromatic heterocycles. The van der Waals surface area contributed by atoms with Crippen molar-refractivity contribution in [1.82, 2.24) is 0 Å². The van der Waals surface area contributed by atoms with E-state index in [2.05, 4.69) is 0 Å². The van der Waals surface area contributed by atoms with Gasteiger partial charge in [0.1, 0.15) is 0 Å². The lowest BCUT2D eigenvalue weighted by atomic mass is 10.1. The second-order valence-electron chi connectivity index (χ2n) is 3.15. The molecule has 0 saturated heterocycles. The maximum atomic E-state index is 10.9. The fourth-order valence-electron chi connectivity index (χ4n) is 1.36. The summed E-state index contributed by atoms with van der Waals surface area (Å²) in [5, 5.41) is 1.59. The Hall–Kier alpha value is -1.17. The Balaban J connectivity index is 2.73. The van der Waals surface area contributed by atoms with Crippen molar-refractivity contribution < 1.29 is 13.0 Å². The van der Waals surface area contributed by atoms with E-state index in [-0.39, 0.29) is 4.90 Å². The summed E-state index contributed by atoms with van der Waals surface area (Å²) in [4.78, 5) is 0.592. The first-order valence-corrected chi connectivity index (χ1v) is 6.00. The number of hydrogen-bond acceptors (Lipinski definition) is 2. The van der Waals surface area contributed by atoms with Crippen molar-refractivity contribution in [3.8, 4) is 0 Å². The van der Waals surface area contributed by atoms with Crippen molar-refractivity contribution in [3.63, 3.8) is 0 Å². The van der Waals surface area contributed by atoms with Gasteiger partial charge >= 0.3 is 0 Å². The summed E-state index contributed by atoms with van der Waals surface area (Å²) >= 11 is 4.98. The topological polar surface area (TPSA) is 54.4 Å². The third-order valence-electron chi connectivity index (χ3n) is 2.08. The zero-order valence-electron chi connectivity index (χ0n) is 7.54. The molecule has 0 fully saturated rings. The van der Waals surface area contributed by atoms with Crippen LogP contribution in [-0.2, 0) is 10.1 Å². The molecule has 2 aromatic carbocycles. The van der Waals surface area contributed by atoms with Crippen molar-refractivity contribution in [2.24, 2.45) is 0 Å². The Morgan fingerprint density at radius 3 is 2.27 bits per heavy atom. The molecule has 5 heteroatoms. The molecular formula is C10H7O3S2. The van der Waals surface area contributed by atoms with Crippen LogP contribution in [0.15, 0.2) is 46.2 Å². The average molecular weight is 239 g/mol. The summed E-state index contributed by atoms with van der Waals surface area (Å²) in [6.07, 6.45) is 0. The molecule has 0 atom stereocenters. The standard InChI is InChI=1S/C10H7O3S2/c11-15(12,13)10-4-2-7-5-9(14)3-1-8(7)6-10/h1-6H,(H,11,12,13). The van der Waals surface area contributed by atoms with Gasteiger partial charge in [-0.25, -0.2) is 0 Å². The Morgan fingerprint density at radius 2 is 1.60 bits per heavy atom. The molecule has 2 aromatic rings. The van der Waals surface area contributed by atoms with Crippen LogP contribution in [0, 0.1) is 0 Å². The minimum Gasteiger partial charge on any atom is -0.282 e. The molecule has 0 saturated carbocycles. The van der Waals surface area contributed by atoms with Crippen LogP contribution < -0.4 is 0 Å². The zero-order chi connectivity index (χ0) is 11.1. The zero-order valence-corrected chi connectivity index (χ0v) is 9.18. The highest BCUT2D eigenvalue weighted by Crippen LogP contribution is 2.21. The van der Waals surface area contributed by atoms with Crippen molar-refractivity contribution in [3.05, 3.63) is 36.4 Å². The Labute approximate surface area is 92.9 Å². The van der Waals surface area contributed by atoms with Gasteiger partial charge in [0.25, 0.3) is 10.1 Å². The molecule has 0 bridgehead atoms. The van der Waals surface area contributed by atoms with Gasteiger partial charge in [0.2, 0.25) is 0 Å². The summed E-state index contributed by atoms with van der Waals surface area (Å²) in [5.41, 5.74) is 0. The number of rotatable bonds is 1. The number of benzene rings is 2. The highest BCUT2D eigenvalue weighted by Gasteiger charge is 2.09. The fourth-order valence-corrected chi connectivity index (χ4v) is 2.07. The van der Waals surface area contributed by atoms with Gasteiger partial charge in [-0.2, -0.15) is 8.42 Å². The molecule has 0 aliphatic heterocycles. The van der Waals surface area contributed by atoms with E-state index in [1.54, 1.807) is 24.3 Å². The molecule has 0 heterocycles. The molecule has 77 valence electrons. The van der Waals surface area contributed by atoms with Gasteiger partial charge in [-0.1, -0.05) is 24.8 Å². The molecule has 2 rings (SSSR count). The number of fused-ring (bicyclic) bond motifs is 1. The molecule has 1 radical (unpaired) electrons. The van der Waals surface area contributed by atoms with Crippen LogP contribution in [0.5, 0.6) is 0 Å². The van der Waals surface area contributed by atoms with Gasteiger partial charge in [-0.15, -0.1) is 0 Å². The van der Waals surface area contributed by atoms with Gasteiger partial charge < -0.3 is 0 Å². The predicted molar refractivity (Wildman–Crippen MR) is 59.6 cm³/mol. The quantitative estimate of drug-likeness (QED) is 0.778. The Morgan fingerprint density at radius 1 is 1.00 bits per heavy atom. The van der Waals surface area contributed by atoms with E-state index >= 15 is 0 Å². The third-order valence-corrected chi connectivity index (χ3v) is 3.18. The highest BCUT2D eigenvalue weighted by molar-refractivity contribution is 7.85. The van der Waals surface area contributed by atoms with Gasteiger partial charge in [0, 0.05) is 4.90 Å². The van der Waals surface area contributed by atoms with Crippen molar-refractivity contribution in [2.75, 3.05) is 0 Å². The first kappa shape index (κ1) is 10.4. The molecule has 0 aliphatic carbocycles. The van der Waals surface area contributed by atoms with E-state index in [0.29, 0.717) is 4.90 Å². The average Bonchev–Trinajstić information content (AvgIpc) is 2.15. The lowest BCUT2D eigenvalue weighted by molar-refractivity contribution is 0.483. The van der Waals surface area contributed by atoms with Gasteiger partial charge in [-0.3, -0.25) is 4.55 Å². The van der Waals surface area contributed by atoms with E-state index in [1.165, 1.54) is 12.1 Å². The summed E-state index contributed by atoms with van der Waals surface area (Å²) in [7, 11) is -4.13. The van der Waals surface area contributed by atoms with Gasteiger partial charge in [0.05, 0.1) is 4.90 Å². The lowest BCUT2D eigenvalue weighted by Gasteiger charge is -2.01. The maximum Gasteiger partial charge on any atom is 0.294 e. The summed E-state index contributed by atoms with van der Waals surface area (Å²) in [5.74, 6) is 0. The Kier molecular flexibility index (Phi) is 2.38. The van der Waals surface area contributed by atoms with Crippen molar-refractivity contribution >= 4 is 33.5 Å². The minimum absolute atomic E-state index is 0.105. The van der Waals surface area contributed by atoms with E-state index in [1.807, 2.05) is 0 Å². The van der Waals surface area contributed by atoms with E-state index in [9.17, 15) is 8.42 Å². The molecule has 0 unspecified atom stereocenters. The molecule has 1 N–H and O–H groups in total. The SMILES string of the molecule is O=S(=O)(O)c1ccc2cc([S])ccc2c1. The maximum absolute atomic E-state index is 10.9. The fraction of sp³-hybridized carbons (Fsp3) is 0. The largest absolute Gasteiger partial charge is 0.294 e. The summed E-state index contributed by atoms with van der Waals surface area (Å²) < 4.78 is 30.6. The van der Waals surface area contributed by atoms with Crippen molar-refractivity contribution in [2.45, 2.75) is 9.79 Å². The lowest BCUT2D eigenvalue weighted by Crippen LogP contribution is -1.97. The molecule has 0 aliphatic rings. The molecule has 0 spiro atoms. The smallest absolute Gasteiger partial charge is 0.282 e. The van der Waals surface area contributed by atoms with Crippen LogP contribution in [0.4, 0.5) is 0 Å². The van der Waals surface area contributed by atoms with E-state index < -0.39 is 10.1 Å². The molecular weight excluding hydrogens is 232 g/mol. The third kappa shape index (κ3) is 2.09. The first-order chi connectivity index (χ1) is 6.97. The first-order valence-electron chi connectivity index (χ1n) is 4.15. The highest BCUT2D eigenvalue weighted by atomic mass is 32.2. The van der Waals surface area contributed by atoms with Crippen LogP contribution in [0.2, 0.25) is 0 Å². The summed E-state index contributed by atoms with van der Waals surface area (Å²) in [6, 6.07) is 9.61. The van der Waals surface area contributed by atoms with Crippen LogP contribution in [0.1, 0.15) is 0 Å². The predicted octanol–water partition coefficient (Wildman–Crippen LogP) is 2.64. The van der Waals surface area contributed by atoms with E-state index in [0.717, 1.165) is 10.8 Å². The van der Waals surface area contributed by atoms with Crippen LogP contribution in [0.25, 0.3) is 10.8 Å². The minimum atomic E-state index is -4.13.